The van der Waals surface area contributed by atoms with Crippen molar-refractivity contribution < 1.29 is 8.42 Å². The normalized spacial score (nSPS) is 12.8. The van der Waals surface area contributed by atoms with Crippen molar-refractivity contribution in [2.75, 3.05) is 5.88 Å². The minimum Gasteiger partial charge on any atom is -0.386 e. The Kier molecular flexibility index (Phi) is 4.31. The monoisotopic (exact) mass is 325 g/mol. The van der Waals surface area contributed by atoms with Crippen molar-refractivity contribution in [2.24, 2.45) is 15.9 Å². The summed E-state index contributed by atoms with van der Waals surface area (Å²) in [6.45, 7) is 0. The minimum atomic E-state index is -3.87. The predicted octanol–water partition coefficient (Wildman–Crippen LogP) is 1.32. The molecule has 0 aliphatic rings. The first kappa shape index (κ1) is 13.4. The lowest BCUT2D eigenvalue weighted by Gasteiger charge is -2.06. The van der Waals surface area contributed by atoms with Crippen LogP contribution in [0.15, 0.2) is 32.6 Å². The van der Waals surface area contributed by atoms with Gasteiger partial charge in [-0.2, -0.15) is 0 Å². The Morgan fingerprint density at radius 3 is 2.62 bits per heavy atom. The highest BCUT2D eigenvalue weighted by Gasteiger charge is 2.17. The Bertz CT molecular complexity index is 530. The van der Waals surface area contributed by atoms with Gasteiger partial charge in [-0.15, -0.1) is 11.6 Å². The van der Waals surface area contributed by atoms with E-state index in [0.717, 1.165) is 0 Å². The quantitative estimate of drug-likeness (QED) is 0.498. The van der Waals surface area contributed by atoms with Crippen molar-refractivity contribution in [1.82, 2.24) is 0 Å². The molecular formula is C8H9BrClN3O2S. The number of halogens is 2. The minimum absolute atomic E-state index is 0.0105. The van der Waals surface area contributed by atoms with Gasteiger partial charge in [-0.25, -0.2) is 18.5 Å². The van der Waals surface area contributed by atoms with Gasteiger partial charge in [0.05, 0.1) is 11.6 Å². The molecule has 0 radical (unpaired) electrons. The van der Waals surface area contributed by atoms with Crippen LogP contribution in [-0.2, 0) is 10.0 Å². The third-order valence-corrected chi connectivity index (χ3v) is 3.83. The summed E-state index contributed by atoms with van der Waals surface area (Å²) in [5.74, 6) is 0.126. The van der Waals surface area contributed by atoms with Crippen molar-refractivity contribution in [2.45, 2.75) is 4.90 Å². The number of nitrogens with zero attached hydrogens (tertiary/aromatic N) is 1. The molecule has 0 fully saturated rings. The molecule has 4 N–H and O–H groups in total. The second-order valence-electron chi connectivity index (χ2n) is 2.87. The van der Waals surface area contributed by atoms with Gasteiger partial charge in [0.25, 0.3) is 0 Å². The number of sulfonamides is 1. The highest BCUT2D eigenvalue weighted by atomic mass is 79.9. The van der Waals surface area contributed by atoms with Crippen molar-refractivity contribution >= 4 is 49.1 Å². The van der Waals surface area contributed by atoms with E-state index in [-0.39, 0.29) is 22.3 Å². The molecule has 0 aromatic heterocycles. The molecule has 8 heteroatoms. The van der Waals surface area contributed by atoms with Crippen LogP contribution in [0.3, 0.4) is 0 Å². The number of hydrogen-bond acceptors (Lipinski definition) is 3. The molecule has 16 heavy (non-hydrogen) atoms. The van der Waals surface area contributed by atoms with E-state index >= 15 is 0 Å². The van der Waals surface area contributed by atoms with Gasteiger partial charge >= 0.3 is 0 Å². The maximum absolute atomic E-state index is 11.3. The summed E-state index contributed by atoms with van der Waals surface area (Å²) in [7, 11) is -3.87. The highest BCUT2D eigenvalue weighted by Crippen LogP contribution is 2.30. The van der Waals surface area contributed by atoms with Crippen molar-refractivity contribution in [3.63, 3.8) is 0 Å². The number of rotatable bonds is 3. The summed E-state index contributed by atoms with van der Waals surface area (Å²) >= 11 is 8.55. The van der Waals surface area contributed by atoms with E-state index in [4.69, 9.17) is 22.5 Å². The van der Waals surface area contributed by atoms with E-state index in [0.29, 0.717) is 4.47 Å². The molecule has 0 atom stereocenters. The summed E-state index contributed by atoms with van der Waals surface area (Å²) in [5, 5.41) is 5.07. The molecule has 0 spiro atoms. The number of hydrogen-bond donors (Lipinski definition) is 2. The Morgan fingerprint density at radius 1 is 1.50 bits per heavy atom. The second kappa shape index (κ2) is 5.13. The van der Waals surface area contributed by atoms with Gasteiger partial charge in [-0.05, 0) is 28.1 Å². The van der Waals surface area contributed by atoms with Gasteiger partial charge < -0.3 is 5.73 Å². The van der Waals surface area contributed by atoms with Gasteiger partial charge in [0, 0.05) is 4.47 Å². The Labute approximate surface area is 107 Å². The lowest BCUT2D eigenvalue weighted by Crippen LogP contribution is -2.15. The zero-order valence-electron chi connectivity index (χ0n) is 8.02. The maximum atomic E-state index is 11.3. The van der Waals surface area contributed by atoms with E-state index in [1.54, 1.807) is 12.1 Å². The Hall–Kier alpha value is -0.630. The second-order valence-corrected chi connectivity index (χ2v) is 5.49. The molecule has 0 heterocycles. The fourth-order valence-electron chi connectivity index (χ4n) is 1.05. The molecule has 0 bridgehead atoms. The Balaban J connectivity index is 3.47. The molecular weight excluding hydrogens is 318 g/mol. The molecule has 88 valence electrons. The van der Waals surface area contributed by atoms with Gasteiger partial charge in [-0.3, -0.25) is 0 Å². The summed E-state index contributed by atoms with van der Waals surface area (Å²) in [6, 6.07) is 4.67. The van der Waals surface area contributed by atoms with Crippen LogP contribution in [0.2, 0.25) is 0 Å². The number of benzene rings is 1. The standard InChI is InChI=1S/C8H9BrClN3O2S/c9-5-2-1-3-6(13-7(11)4-10)8(5)16(12,14)15/h1-3H,4H2,(H2,11,13)(H2,12,14,15). The summed E-state index contributed by atoms with van der Waals surface area (Å²) < 4.78 is 23.0. The summed E-state index contributed by atoms with van der Waals surface area (Å²) in [6.07, 6.45) is 0. The Morgan fingerprint density at radius 2 is 2.12 bits per heavy atom. The third-order valence-electron chi connectivity index (χ3n) is 1.63. The topological polar surface area (TPSA) is 98.5 Å². The summed E-state index contributed by atoms with van der Waals surface area (Å²) in [4.78, 5) is 3.77. The van der Waals surface area contributed by atoms with Crippen molar-refractivity contribution in [1.29, 1.82) is 0 Å². The van der Waals surface area contributed by atoms with Gasteiger partial charge in [0.15, 0.2) is 0 Å². The average Bonchev–Trinajstić information content (AvgIpc) is 2.15. The van der Waals surface area contributed by atoms with Crippen LogP contribution in [0.25, 0.3) is 0 Å². The molecule has 0 unspecified atom stereocenters. The maximum Gasteiger partial charge on any atom is 0.241 e. The molecule has 0 aliphatic heterocycles. The first-order valence-electron chi connectivity index (χ1n) is 4.06. The van der Waals surface area contributed by atoms with Crippen LogP contribution in [0, 0.1) is 0 Å². The largest absolute Gasteiger partial charge is 0.386 e. The number of amidine groups is 1. The van der Waals surface area contributed by atoms with Crippen LogP contribution in [0.5, 0.6) is 0 Å². The van der Waals surface area contributed by atoms with Crippen LogP contribution in [-0.4, -0.2) is 20.1 Å². The van der Waals surface area contributed by atoms with Crippen molar-refractivity contribution in [3.05, 3.63) is 22.7 Å². The van der Waals surface area contributed by atoms with Crippen LogP contribution in [0.1, 0.15) is 0 Å². The van der Waals surface area contributed by atoms with Crippen LogP contribution < -0.4 is 10.9 Å². The molecule has 0 saturated heterocycles. The molecule has 1 aromatic rings. The summed E-state index contributed by atoms with van der Waals surface area (Å²) in [5.41, 5.74) is 5.60. The predicted molar refractivity (Wildman–Crippen MR) is 67.5 cm³/mol. The van der Waals surface area contributed by atoms with Gasteiger partial charge in [-0.1, -0.05) is 6.07 Å². The number of primary sulfonamides is 1. The first-order chi connectivity index (χ1) is 7.36. The fraction of sp³-hybridized carbons (Fsp3) is 0.125. The van der Waals surface area contributed by atoms with E-state index < -0.39 is 10.0 Å². The third kappa shape index (κ3) is 3.18. The van der Waals surface area contributed by atoms with E-state index in [1.165, 1.54) is 6.07 Å². The zero-order chi connectivity index (χ0) is 12.3. The van der Waals surface area contributed by atoms with Crippen molar-refractivity contribution in [3.8, 4) is 0 Å². The van der Waals surface area contributed by atoms with E-state index in [1.807, 2.05) is 0 Å². The molecule has 1 rings (SSSR count). The SMILES string of the molecule is NC(CCl)=Nc1cccc(Br)c1S(N)(=O)=O. The number of aliphatic imine (C=N–C) groups is 1. The lowest BCUT2D eigenvalue weighted by molar-refractivity contribution is 0.597. The highest BCUT2D eigenvalue weighted by molar-refractivity contribution is 9.10. The van der Waals surface area contributed by atoms with E-state index in [9.17, 15) is 8.42 Å². The fourth-order valence-corrected chi connectivity index (χ4v) is 2.89. The number of nitrogens with two attached hydrogens (primary N) is 2. The molecule has 1 aromatic carbocycles. The molecule has 0 saturated carbocycles. The first-order valence-corrected chi connectivity index (χ1v) is 6.94. The number of alkyl halides is 1. The average molecular weight is 327 g/mol. The van der Waals surface area contributed by atoms with E-state index in [2.05, 4.69) is 20.9 Å². The van der Waals surface area contributed by atoms with Gasteiger partial charge in [0.1, 0.15) is 10.7 Å². The smallest absolute Gasteiger partial charge is 0.241 e. The van der Waals surface area contributed by atoms with Crippen LogP contribution in [0.4, 0.5) is 5.69 Å². The molecule has 0 amide bonds. The molecule has 0 aliphatic carbocycles. The zero-order valence-corrected chi connectivity index (χ0v) is 11.2. The lowest BCUT2D eigenvalue weighted by atomic mass is 10.3. The van der Waals surface area contributed by atoms with Crippen LogP contribution >= 0.6 is 27.5 Å². The molecule has 5 nitrogen and oxygen atoms in total. The van der Waals surface area contributed by atoms with Gasteiger partial charge in [0.2, 0.25) is 10.0 Å².